The van der Waals surface area contributed by atoms with Gasteiger partial charge in [-0.05, 0) is 119 Å². The summed E-state index contributed by atoms with van der Waals surface area (Å²) in [5.74, 6) is 0. The van der Waals surface area contributed by atoms with Crippen molar-refractivity contribution in [2.75, 3.05) is 39.6 Å². The molecule has 0 saturated heterocycles. The van der Waals surface area contributed by atoms with Gasteiger partial charge in [-0.3, -0.25) is 0 Å². The van der Waals surface area contributed by atoms with Crippen LogP contribution in [0.3, 0.4) is 0 Å². The second kappa shape index (κ2) is 38.5. The second-order valence-electron chi connectivity index (χ2n) is 17.8. The first kappa shape index (κ1) is 61.6. The molecule has 10 nitrogen and oxygen atoms in total. The normalized spacial score (nSPS) is 12.2. The molecule has 0 heterocycles. The molecule has 0 aliphatic rings. The molecule has 0 amide bonds. The van der Waals surface area contributed by atoms with Crippen molar-refractivity contribution in [3.05, 3.63) is 131 Å². The Bertz CT molecular complexity index is 1580. The standard InChI is InChI=1S/C20H28NO2P.C18H28NO2P.C15H32N3OP/c1-17(2)21(18(3)4)24(22-15-19-11-7-5-8-12-19)23-16-20-13-9-6-10-14-20;1-19-15-17-21-22(2)20-16-11-6-4-3-5-8-12-18-13-9-7-10-14-18;1-12(2)17(13(3)4)20(19-11-10-16-9)18(14(5)6)15(7)8/h5-14,17-18H,15-16H2,1-4H3;7,9-10,13-14H,3-6,8,11-12,15-17H2,2H3;12-15H,10-11H2,1-8H3. The second-order valence-corrected chi connectivity index (χ2v) is 22.3. The molecule has 370 valence electrons. The summed E-state index contributed by atoms with van der Waals surface area (Å²) in [7, 11) is -2.74. The lowest BCUT2D eigenvalue weighted by Crippen LogP contribution is -2.43. The van der Waals surface area contributed by atoms with Gasteiger partial charge in [-0.15, -0.1) is 0 Å². The van der Waals surface area contributed by atoms with Crippen LogP contribution in [0.25, 0.3) is 9.69 Å². The van der Waals surface area contributed by atoms with Crippen LogP contribution >= 0.6 is 25.4 Å². The summed E-state index contributed by atoms with van der Waals surface area (Å²) in [6, 6.07) is 33.7. The molecule has 0 saturated carbocycles. The van der Waals surface area contributed by atoms with Crippen molar-refractivity contribution >= 4 is 25.4 Å². The molecule has 0 N–H and O–H groups in total. The van der Waals surface area contributed by atoms with Crippen LogP contribution in [0, 0.1) is 13.1 Å². The fourth-order valence-electron chi connectivity index (χ4n) is 7.18. The fraction of sp³-hybridized carbons (Fsp3) is 0.623. The lowest BCUT2D eigenvalue weighted by molar-refractivity contribution is 0.164. The lowest BCUT2D eigenvalue weighted by Gasteiger charge is -2.45. The van der Waals surface area contributed by atoms with Gasteiger partial charge in [0.15, 0.2) is 16.8 Å². The first-order valence-electron chi connectivity index (χ1n) is 24.3. The van der Waals surface area contributed by atoms with E-state index < -0.39 is 25.4 Å². The van der Waals surface area contributed by atoms with Crippen LogP contribution in [-0.2, 0) is 42.3 Å². The molecular weight excluding hydrogens is 880 g/mol. The third-order valence-corrected chi connectivity index (χ3v) is 16.1. The van der Waals surface area contributed by atoms with Crippen molar-refractivity contribution in [2.24, 2.45) is 0 Å². The zero-order valence-electron chi connectivity index (χ0n) is 43.1. The van der Waals surface area contributed by atoms with Crippen LogP contribution in [0.2, 0.25) is 0 Å². The number of hydrogen-bond acceptors (Lipinski definition) is 8. The molecule has 3 rings (SSSR count). The maximum atomic E-state index is 6.92. The van der Waals surface area contributed by atoms with Crippen LogP contribution < -0.4 is 0 Å². The Morgan fingerprint density at radius 2 is 0.773 bits per heavy atom. The smallest absolute Gasteiger partial charge is 0.259 e. The maximum Gasteiger partial charge on any atom is 0.259 e. The van der Waals surface area contributed by atoms with Crippen molar-refractivity contribution in [1.82, 2.24) is 14.0 Å². The number of nitrogens with zero attached hydrogens (tertiary/aromatic N) is 5. The molecular formula is C53H88N5O5P3. The van der Waals surface area contributed by atoms with Gasteiger partial charge in [0.05, 0.1) is 19.8 Å². The van der Waals surface area contributed by atoms with E-state index in [1.54, 1.807) is 0 Å². The molecule has 0 aliphatic carbocycles. The van der Waals surface area contributed by atoms with Crippen molar-refractivity contribution in [2.45, 2.75) is 177 Å². The average Bonchev–Trinajstić information content (AvgIpc) is 3.27. The zero-order chi connectivity index (χ0) is 49.1. The minimum atomic E-state index is -1.12. The summed E-state index contributed by atoms with van der Waals surface area (Å²) in [6.45, 7) is 45.8. The third-order valence-electron chi connectivity index (χ3n) is 9.99. The molecule has 0 radical (unpaired) electrons. The molecule has 1 unspecified atom stereocenters. The molecule has 3 aromatic rings. The van der Waals surface area contributed by atoms with Gasteiger partial charge in [0.2, 0.25) is 13.1 Å². The predicted octanol–water partition coefficient (Wildman–Crippen LogP) is 15.6. The molecule has 0 aromatic heterocycles. The Balaban J connectivity index is 0.000000498. The Morgan fingerprint density at radius 3 is 1.17 bits per heavy atom. The van der Waals surface area contributed by atoms with E-state index in [-0.39, 0.29) is 0 Å². The Morgan fingerprint density at radius 1 is 0.424 bits per heavy atom. The van der Waals surface area contributed by atoms with Gasteiger partial charge in [-0.2, -0.15) is 0 Å². The van der Waals surface area contributed by atoms with Crippen LogP contribution in [0.4, 0.5) is 0 Å². The summed E-state index contributed by atoms with van der Waals surface area (Å²) < 4.78 is 36.8. The van der Waals surface area contributed by atoms with E-state index in [0.29, 0.717) is 75.8 Å². The minimum absolute atomic E-state index is 0.364. The third kappa shape index (κ3) is 28.2. The van der Waals surface area contributed by atoms with E-state index in [2.05, 4.69) is 161 Å². The van der Waals surface area contributed by atoms with Crippen LogP contribution in [0.1, 0.15) is 138 Å². The highest BCUT2D eigenvalue weighted by molar-refractivity contribution is 7.47. The van der Waals surface area contributed by atoms with E-state index >= 15 is 0 Å². The minimum Gasteiger partial charge on any atom is -0.334 e. The van der Waals surface area contributed by atoms with Crippen molar-refractivity contribution in [3.63, 3.8) is 0 Å². The first-order valence-corrected chi connectivity index (χ1v) is 28.2. The SMILES string of the molecule is CC(C)N(C(C)C)P(OCc1ccccc1)OCc1ccccc1.[C-]#[N+]CCOP(C)OCCCCCCCCc1ccccc1.[C-]#[N+]CCOP(N(C(C)C)C(C)C)N(C(C)C)C(C)C. The summed E-state index contributed by atoms with van der Waals surface area (Å²) in [4.78, 5) is 6.66. The molecule has 0 bridgehead atoms. The Kier molecular flexibility index (Phi) is 35.9. The topological polar surface area (TPSA) is 64.6 Å². The van der Waals surface area contributed by atoms with E-state index in [1.807, 2.05) is 43.1 Å². The van der Waals surface area contributed by atoms with Crippen molar-refractivity contribution < 1.29 is 22.6 Å². The highest BCUT2D eigenvalue weighted by atomic mass is 31.2. The first-order chi connectivity index (χ1) is 31.6. The van der Waals surface area contributed by atoms with Gasteiger partial charge < -0.3 is 32.3 Å². The summed E-state index contributed by atoms with van der Waals surface area (Å²) >= 11 is 0. The van der Waals surface area contributed by atoms with Gasteiger partial charge in [-0.25, -0.2) is 27.2 Å². The molecule has 1 atom stereocenters. The number of rotatable bonds is 31. The van der Waals surface area contributed by atoms with Crippen molar-refractivity contribution in [1.29, 1.82) is 0 Å². The molecule has 66 heavy (non-hydrogen) atoms. The van der Waals surface area contributed by atoms with Gasteiger partial charge in [-0.1, -0.05) is 117 Å². The quantitative estimate of drug-likeness (QED) is 0.0359. The number of hydrogen-bond donors (Lipinski definition) is 0. The van der Waals surface area contributed by atoms with E-state index in [9.17, 15) is 0 Å². The zero-order valence-corrected chi connectivity index (χ0v) is 45.8. The number of benzene rings is 3. The van der Waals surface area contributed by atoms with Gasteiger partial charge in [0, 0.05) is 42.9 Å². The molecule has 0 spiro atoms. The molecule has 0 aliphatic heterocycles. The molecule has 13 heteroatoms. The predicted molar refractivity (Wildman–Crippen MR) is 284 cm³/mol. The molecule has 0 fully saturated rings. The largest absolute Gasteiger partial charge is 0.334 e. The number of aryl methyl sites for hydroxylation is 1. The monoisotopic (exact) mass is 968 g/mol. The Labute approximate surface area is 407 Å². The summed E-state index contributed by atoms with van der Waals surface area (Å²) in [5.41, 5.74) is 3.78. The van der Waals surface area contributed by atoms with Crippen LogP contribution in [-0.4, -0.2) is 89.8 Å². The summed E-state index contributed by atoms with van der Waals surface area (Å²) in [5, 5.41) is 0. The highest BCUT2D eigenvalue weighted by Crippen LogP contribution is 2.51. The van der Waals surface area contributed by atoms with Gasteiger partial charge >= 0.3 is 0 Å². The van der Waals surface area contributed by atoms with E-state index in [0.717, 1.165) is 13.0 Å². The van der Waals surface area contributed by atoms with Gasteiger partial charge in [0.25, 0.3) is 8.53 Å². The number of unbranched alkanes of at least 4 members (excludes halogenated alkanes) is 5. The summed E-state index contributed by atoms with van der Waals surface area (Å²) in [6.07, 6.45) is 8.75. The molecule has 3 aromatic carbocycles. The average molecular weight is 968 g/mol. The highest BCUT2D eigenvalue weighted by Gasteiger charge is 2.34. The maximum absolute atomic E-state index is 6.92. The fourth-order valence-corrected chi connectivity index (χ4v) is 11.9. The Hall–Kier alpha value is -2.39. The van der Waals surface area contributed by atoms with E-state index in [1.165, 1.54) is 55.2 Å². The van der Waals surface area contributed by atoms with Gasteiger partial charge in [0.1, 0.15) is 13.2 Å². The van der Waals surface area contributed by atoms with Crippen LogP contribution in [0.15, 0.2) is 91.0 Å². The van der Waals surface area contributed by atoms with Crippen molar-refractivity contribution in [3.8, 4) is 0 Å². The van der Waals surface area contributed by atoms with E-state index in [4.69, 9.17) is 35.8 Å². The van der Waals surface area contributed by atoms with Crippen LogP contribution in [0.5, 0.6) is 0 Å². The lowest BCUT2D eigenvalue weighted by atomic mass is 10.1.